The molecule has 2 rings (SSSR count). The molecule has 1 N–H and O–H groups in total. The molecule has 5 nitrogen and oxygen atoms in total. The van der Waals surface area contributed by atoms with Crippen LogP contribution in [0.2, 0.25) is 0 Å². The van der Waals surface area contributed by atoms with Crippen molar-refractivity contribution in [3.63, 3.8) is 0 Å². The first kappa shape index (κ1) is 12.3. The number of rotatable bonds is 7. The number of aromatic nitrogens is 2. The van der Waals surface area contributed by atoms with Gasteiger partial charge >= 0.3 is 0 Å². The number of nitrogens with one attached hydrogen (secondary N) is 1. The lowest BCUT2D eigenvalue weighted by Gasteiger charge is -2.08. The summed E-state index contributed by atoms with van der Waals surface area (Å²) >= 11 is 0. The van der Waals surface area contributed by atoms with Crippen molar-refractivity contribution in [1.82, 2.24) is 9.97 Å². The van der Waals surface area contributed by atoms with Crippen molar-refractivity contribution in [1.29, 1.82) is 0 Å². The number of nitrogens with zero attached hydrogens (tertiary/aromatic N) is 2. The molecule has 0 spiro atoms. The van der Waals surface area contributed by atoms with Crippen LogP contribution in [0, 0.1) is 5.92 Å². The molecule has 1 saturated heterocycles. The lowest BCUT2D eigenvalue weighted by molar-refractivity contribution is 0.0897. The highest BCUT2D eigenvalue weighted by Crippen LogP contribution is 2.12. The largest absolute Gasteiger partial charge is 0.381 e. The Labute approximate surface area is 102 Å². The quantitative estimate of drug-likeness (QED) is 0.725. The highest BCUT2D eigenvalue weighted by atomic mass is 16.5. The van der Waals surface area contributed by atoms with E-state index in [2.05, 4.69) is 15.3 Å². The van der Waals surface area contributed by atoms with Gasteiger partial charge in [-0.3, -0.25) is 0 Å². The van der Waals surface area contributed by atoms with E-state index in [-0.39, 0.29) is 0 Å². The summed E-state index contributed by atoms with van der Waals surface area (Å²) in [6, 6.07) is 1.80. The van der Waals surface area contributed by atoms with Crippen molar-refractivity contribution in [2.45, 2.75) is 12.8 Å². The highest BCUT2D eigenvalue weighted by Gasteiger charge is 2.14. The summed E-state index contributed by atoms with van der Waals surface area (Å²) in [6.45, 7) is 4.18. The van der Waals surface area contributed by atoms with Gasteiger partial charge in [0.05, 0.1) is 13.2 Å². The van der Waals surface area contributed by atoms with Crippen LogP contribution in [-0.2, 0) is 9.47 Å². The minimum Gasteiger partial charge on any atom is -0.381 e. The van der Waals surface area contributed by atoms with Gasteiger partial charge in [0.25, 0.3) is 0 Å². The lowest BCUT2D eigenvalue weighted by atomic mass is 10.1. The smallest absolute Gasteiger partial charge is 0.222 e. The van der Waals surface area contributed by atoms with Gasteiger partial charge in [0, 0.05) is 38.1 Å². The summed E-state index contributed by atoms with van der Waals surface area (Å²) in [6.07, 6.45) is 5.56. The van der Waals surface area contributed by atoms with E-state index in [0.29, 0.717) is 11.9 Å². The monoisotopic (exact) mass is 237 g/mol. The Morgan fingerprint density at radius 2 is 2.29 bits per heavy atom. The van der Waals surface area contributed by atoms with Gasteiger partial charge in [-0.1, -0.05) is 0 Å². The summed E-state index contributed by atoms with van der Waals surface area (Å²) in [4.78, 5) is 8.16. The molecule has 17 heavy (non-hydrogen) atoms. The zero-order chi connectivity index (χ0) is 11.8. The van der Waals surface area contributed by atoms with Crippen LogP contribution >= 0.6 is 0 Å². The van der Waals surface area contributed by atoms with Gasteiger partial charge in [0.15, 0.2) is 0 Å². The van der Waals surface area contributed by atoms with Gasteiger partial charge in [-0.15, -0.1) is 0 Å². The van der Waals surface area contributed by atoms with E-state index in [1.165, 1.54) is 0 Å². The summed E-state index contributed by atoms with van der Waals surface area (Å²) in [5.74, 6) is 1.28. The molecule has 1 aliphatic heterocycles. The van der Waals surface area contributed by atoms with Crippen molar-refractivity contribution in [3.8, 4) is 0 Å². The molecular weight excluding hydrogens is 218 g/mol. The third-order valence-corrected chi connectivity index (χ3v) is 2.69. The molecule has 0 radical (unpaired) electrons. The molecule has 94 valence electrons. The van der Waals surface area contributed by atoms with Crippen molar-refractivity contribution in [3.05, 3.63) is 18.5 Å². The zero-order valence-corrected chi connectivity index (χ0v) is 9.97. The van der Waals surface area contributed by atoms with Crippen LogP contribution in [0.1, 0.15) is 12.8 Å². The van der Waals surface area contributed by atoms with Gasteiger partial charge in [-0.2, -0.15) is 0 Å². The maximum absolute atomic E-state index is 5.59. The number of anilines is 1. The van der Waals surface area contributed by atoms with E-state index in [1.54, 1.807) is 18.5 Å². The fourth-order valence-corrected chi connectivity index (χ4v) is 1.73. The summed E-state index contributed by atoms with van der Waals surface area (Å²) in [5.41, 5.74) is 0. The van der Waals surface area contributed by atoms with Gasteiger partial charge in [-0.25, -0.2) is 9.97 Å². The Hall–Kier alpha value is -1.20. The molecule has 0 bridgehead atoms. The Bertz CT molecular complexity index is 302. The minimum atomic E-state index is 0.598. The predicted molar refractivity (Wildman–Crippen MR) is 64.9 cm³/mol. The molecule has 1 aromatic heterocycles. The van der Waals surface area contributed by atoms with E-state index in [1.807, 2.05) is 0 Å². The average Bonchev–Trinajstić information content (AvgIpc) is 2.88. The third kappa shape index (κ3) is 4.66. The second-order valence-electron chi connectivity index (χ2n) is 4.16. The van der Waals surface area contributed by atoms with Crippen LogP contribution in [0.5, 0.6) is 0 Å². The van der Waals surface area contributed by atoms with Crippen LogP contribution in [-0.4, -0.2) is 42.9 Å². The molecule has 1 aromatic rings. The zero-order valence-electron chi connectivity index (χ0n) is 9.97. The van der Waals surface area contributed by atoms with Crippen LogP contribution in [0.15, 0.2) is 18.5 Å². The second-order valence-corrected chi connectivity index (χ2v) is 4.16. The van der Waals surface area contributed by atoms with Crippen LogP contribution in [0.4, 0.5) is 5.95 Å². The van der Waals surface area contributed by atoms with E-state index in [9.17, 15) is 0 Å². The van der Waals surface area contributed by atoms with E-state index in [4.69, 9.17) is 9.47 Å². The summed E-state index contributed by atoms with van der Waals surface area (Å²) in [7, 11) is 0. The fourth-order valence-electron chi connectivity index (χ4n) is 1.73. The van der Waals surface area contributed by atoms with Gasteiger partial charge in [0.2, 0.25) is 5.95 Å². The Morgan fingerprint density at radius 1 is 1.41 bits per heavy atom. The lowest BCUT2D eigenvalue weighted by Crippen LogP contribution is -2.12. The van der Waals surface area contributed by atoms with E-state index in [0.717, 1.165) is 45.8 Å². The van der Waals surface area contributed by atoms with Crippen LogP contribution in [0.3, 0.4) is 0 Å². The number of hydrogen-bond donors (Lipinski definition) is 1. The maximum Gasteiger partial charge on any atom is 0.222 e. The van der Waals surface area contributed by atoms with Gasteiger partial charge in [-0.05, 0) is 18.9 Å². The molecule has 0 aromatic carbocycles. The Balaban J connectivity index is 1.46. The van der Waals surface area contributed by atoms with E-state index < -0.39 is 0 Å². The summed E-state index contributed by atoms with van der Waals surface area (Å²) < 4.78 is 10.9. The first-order valence-corrected chi connectivity index (χ1v) is 6.11. The normalized spacial score (nSPS) is 19.4. The predicted octanol–water partition coefficient (Wildman–Crippen LogP) is 1.33. The number of ether oxygens (including phenoxy) is 2. The molecule has 0 saturated carbocycles. The Morgan fingerprint density at radius 3 is 3.06 bits per heavy atom. The molecule has 5 heteroatoms. The standard InChI is InChI=1S/C12H19N3O2/c1-4-13-12(14-5-1)15-6-2-7-16-9-11-3-8-17-10-11/h1,4-5,11H,2-3,6-10H2,(H,13,14,15). The SMILES string of the molecule is c1cnc(NCCCOCC2CCOC2)nc1. The second kappa shape index (κ2) is 7.19. The first-order chi connectivity index (χ1) is 8.45. The van der Waals surface area contributed by atoms with Crippen molar-refractivity contribution < 1.29 is 9.47 Å². The van der Waals surface area contributed by atoms with Crippen molar-refractivity contribution in [2.75, 3.05) is 38.3 Å². The van der Waals surface area contributed by atoms with E-state index >= 15 is 0 Å². The van der Waals surface area contributed by atoms with Gasteiger partial charge in [0.1, 0.15) is 0 Å². The molecule has 2 heterocycles. The first-order valence-electron chi connectivity index (χ1n) is 6.11. The molecule has 1 atom stereocenters. The number of hydrogen-bond acceptors (Lipinski definition) is 5. The molecule has 1 unspecified atom stereocenters. The van der Waals surface area contributed by atoms with Gasteiger partial charge < -0.3 is 14.8 Å². The topological polar surface area (TPSA) is 56.3 Å². The molecular formula is C12H19N3O2. The van der Waals surface area contributed by atoms with Crippen molar-refractivity contribution in [2.24, 2.45) is 5.92 Å². The third-order valence-electron chi connectivity index (χ3n) is 2.69. The highest BCUT2D eigenvalue weighted by molar-refractivity contribution is 5.21. The maximum atomic E-state index is 5.59. The minimum absolute atomic E-state index is 0.598. The molecule has 1 fully saturated rings. The molecule has 0 aliphatic carbocycles. The molecule has 1 aliphatic rings. The average molecular weight is 237 g/mol. The summed E-state index contributed by atoms with van der Waals surface area (Å²) in [5, 5.41) is 3.15. The Kier molecular flexibility index (Phi) is 5.19. The van der Waals surface area contributed by atoms with Crippen LogP contribution < -0.4 is 5.32 Å². The van der Waals surface area contributed by atoms with Crippen molar-refractivity contribution >= 4 is 5.95 Å². The molecule has 0 amide bonds. The van der Waals surface area contributed by atoms with Crippen LogP contribution in [0.25, 0.3) is 0 Å². The fraction of sp³-hybridized carbons (Fsp3) is 0.667.